The predicted molar refractivity (Wildman–Crippen MR) is 147 cm³/mol. The number of hydrogen-bond acceptors (Lipinski definition) is 7. The molecule has 10 heteroatoms. The molecule has 0 bridgehead atoms. The van der Waals surface area contributed by atoms with E-state index in [9.17, 15) is 4.79 Å². The number of carbonyl (C=O) groups excluding carboxylic acids is 1. The fourth-order valence-electron chi connectivity index (χ4n) is 4.38. The first kappa shape index (κ1) is 23.8. The highest BCUT2D eigenvalue weighted by Gasteiger charge is 2.24. The number of hydrogen-bond donors (Lipinski definition) is 2. The lowest BCUT2D eigenvalue weighted by molar-refractivity contribution is 0.0933. The summed E-state index contributed by atoms with van der Waals surface area (Å²) in [5.41, 5.74) is 11.7. The van der Waals surface area contributed by atoms with E-state index < -0.39 is 11.9 Å². The van der Waals surface area contributed by atoms with Crippen LogP contribution in [0.1, 0.15) is 40.3 Å². The van der Waals surface area contributed by atoms with E-state index in [1.54, 1.807) is 29.2 Å². The van der Waals surface area contributed by atoms with Gasteiger partial charge < -0.3 is 11.1 Å². The SMILES string of the molecule is C[C@H](NC(=O)c1c(N)nc2cccnn12)c1nc2cccc(C#Cc3cnn(C)c3)c2nc1-c1ccccc1. The van der Waals surface area contributed by atoms with E-state index in [0.717, 1.165) is 16.7 Å². The number of amides is 1. The topological polar surface area (TPSA) is 129 Å². The molecule has 3 N–H and O–H groups in total. The Hall–Kier alpha value is -5.56. The van der Waals surface area contributed by atoms with E-state index >= 15 is 0 Å². The number of imidazole rings is 1. The third-order valence-corrected chi connectivity index (χ3v) is 6.21. The Morgan fingerprint density at radius 1 is 0.974 bits per heavy atom. The second kappa shape index (κ2) is 9.72. The summed E-state index contributed by atoms with van der Waals surface area (Å²) in [6.07, 6.45) is 5.15. The number of carbonyl (C=O) groups is 1. The highest BCUT2D eigenvalue weighted by atomic mass is 16.2. The van der Waals surface area contributed by atoms with Crippen molar-refractivity contribution in [3.63, 3.8) is 0 Å². The highest BCUT2D eigenvalue weighted by Crippen LogP contribution is 2.29. The number of nitrogen functional groups attached to an aromatic ring is 1. The number of nitrogens with zero attached hydrogens (tertiary/aromatic N) is 7. The van der Waals surface area contributed by atoms with Gasteiger partial charge >= 0.3 is 0 Å². The second-order valence-electron chi connectivity index (χ2n) is 8.98. The first-order valence-corrected chi connectivity index (χ1v) is 12.2. The van der Waals surface area contributed by atoms with Gasteiger partial charge in [0.05, 0.1) is 40.3 Å². The molecule has 0 saturated heterocycles. The number of fused-ring (bicyclic) bond motifs is 2. The number of aromatic nitrogens is 7. The standard InChI is InChI=1S/C29H23N9O/c1-18(33-29(39)27-28(30)35-23-12-7-15-31-38(23)27)24-26(20-8-4-3-5-9-20)36-25-21(10-6-11-22(25)34-24)14-13-19-16-32-37(2)17-19/h3-12,15-18H,30H2,1-2H3,(H,33,39)/t18-/m0/s1. The summed E-state index contributed by atoms with van der Waals surface area (Å²) >= 11 is 0. The smallest absolute Gasteiger partial charge is 0.274 e. The van der Waals surface area contributed by atoms with Crippen LogP contribution in [-0.2, 0) is 7.05 Å². The van der Waals surface area contributed by atoms with Crippen molar-refractivity contribution in [1.82, 2.24) is 39.7 Å². The van der Waals surface area contributed by atoms with Crippen molar-refractivity contribution in [2.45, 2.75) is 13.0 Å². The van der Waals surface area contributed by atoms with E-state index in [2.05, 4.69) is 32.3 Å². The second-order valence-corrected chi connectivity index (χ2v) is 8.98. The number of anilines is 1. The molecule has 1 amide bonds. The molecular formula is C29H23N9O. The van der Waals surface area contributed by atoms with Crippen LogP contribution >= 0.6 is 0 Å². The van der Waals surface area contributed by atoms with Gasteiger partial charge in [0, 0.05) is 25.0 Å². The Kier molecular flexibility index (Phi) is 5.93. The molecule has 0 aliphatic heterocycles. The molecule has 0 unspecified atom stereocenters. The van der Waals surface area contributed by atoms with Gasteiger partial charge in [0.15, 0.2) is 17.2 Å². The van der Waals surface area contributed by atoms with Crippen molar-refractivity contribution in [2.75, 3.05) is 5.73 Å². The van der Waals surface area contributed by atoms with Gasteiger partial charge in [0.2, 0.25) is 0 Å². The average Bonchev–Trinajstić information content (AvgIpc) is 3.52. The van der Waals surface area contributed by atoms with Crippen LogP contribution in [0.5, 0.6) is 0 Å². The molecule has 6 rings (SSSR count). The number of nitrogens with two attached hydrogens (primary N) is 1. The molecule has 190 valence electrons. The van der Waals surface area contributed by atoms with Crippen LogP contribution in [0, 0.1) is 11.8 Å². The zero-order valence-corrected chi connectivity index (χ0v) is 21.2. The zero-order valence-electron chi connectivity index (χ0n) is 21.2. The Labute approximate surface area is 223 Å². The molecule has 39 heavy (non-hydrogen) atoms. The molecular weight excluding hydrogens is 490 g/mol. The van der Waals surface area contributed by atoms with Gasteiger partial charge in [0.25, 0.3) is 5.91 Å². The molecule has 0 aliphatic carbocycles. The maximum absolute atomic E-state index is 13.3. The minimum atomic E-state index is -0.511. The fraction of sp³-hybridized carbons (Fsp3) is 0.103. The van der Waals surface area contributed by atoms with Crippen molar-refractivity contribution in [1.29, 1.82) is 0 Å². The largest absolute Gasteiger partial charge is 0.382 e. The minimum absolute atomic E-state index is 0.100. The van der Waals surface area contributed by atoms with Gasteiger partial charge in [-0.1, -0.05) is 48.2 Å². The third-order valence-electron chi connectivity index (χ3n) is 6.21. The van der Waals surface area contributed by atoms with Crippen LogP contribution in [0.15, 0.2) is 79.3 Å². The summed E-state index contributed by atoms with van der Waals surface area (Å²) in [6.45, 7) is 1.86. The highest BCUT2D eigenvalue weighted by molar-refractivity contribution is 5.98. The van der Waals surface area contributed by atoms with Gasteiger partial charge in [0.1, 0.15) is 5.52 Å². The quantitative estimate of drug-likeness (QED) is 0.345. The molecule has 0 fully saturated rings. The summed E-state index contributed by atoms with van der Waals surface area (Å²) < 4.78 is 3.13. The van der Waals surface area contributed by atoms with E-state index in [1.807, 2.05) is 68.7 Å². The van der Waals surface area contributed by atoms with Crippen LogP contribution in [0.25, 0.3) is 27.9 Å². The molecule has 1 atom stereocenters. The van der Waals surface area contributed by atoms with Gasteiger partial charge in [-0.25, -0.2) is 19.5 Å². The normalized spacial score (nSPS) is 11.7. The number of aryl methyl sites for hydroxylation is 1. The molecule has 10 nitrogen and oxygen atoms in total. The van der Waals surface area contributed by atoms with Crippen LogP contribution in [-0.4, -0.2) is 40.3 Å². The van der Waals surface area contributed by atoms with Gasteiger partial charge in [-0.15, -0.1) is 0 Å². The zero-order chi connectivity index (χ0) is 26.9. The van der Waals surface area contributed by atoms with Crippen molar-refractivity contribution < 1.29 is 4.79 Å². The van der Waals surface area contributed by atoms with Crippen molar-refractivity contribution in [3.05, 3.63) is 102 Å². The number of para-hydroxylation sites is 1. The number of nitrogens with one attached hydrogen (secondary N) is 1. The maximum atomic E-state index is 13.3. The predicted octanol–water partition coefficient (Wildman–Crippen LogP) is 3.55. The summed E-state index contributed by atoms with van der Waals surface area (Å²) in [7, 11) is 1.85. The van der Waals surface area contributed by atoms with Crippen molar-refractivity contribution in [3.8, 4) is 23.1 Å². The molecule has 4 aromatic heterocycles. The fourth-order valence-corrected chi connectivity index (χ4v) is 4.38. The molecule has 6 aromatic rings. The molecule has 2 aromatic carbocycles. The number of benzene rings is 2. The van der Waals surface area contributed by atoms with Crippen LogP contribution in [0.3, 0.4) is 0 Å². The molecule has 0 radical (unpaired) electrons. The summed E-state index contributed by atoms with van der Waals surface area (Å²) in [5, 5.41) is 11.4. The van der Waals surface area contributed by atoms with Crippen LogP contribution in [0.2, 0.25) is 0 Å². The first-order valence-electron chi connectivity index (χ1n) is 12.2. The third kappa shape index (κ3) is 4.53. The average molecular weight is 514 g/mol. The number of rotatable bonds is 4. The van der Waals surface area contributed by atoms with Crippen molar-refractivity contribution >= 4 is 28.4 Å². The maximum Gasteiger partial charge on any atom is 0.274 e. The van der Waals surface area contributed by atoms with E-state index in [1.165, 1.54) is 4.52 Å². The lowest BCUT2D eigenvalue weighted by Gasteiger charge is -2.18. The lowest BCUT2D eigenvalue weighted by atomic mass is 10.0. The molecule has 0 aliphatic rings. The van der Waals surface area contributed by atoms with Crippen LogP contribution in [0.4, 0.5) is 5.82 Å². The Bertz CT molecular complexity index is 1910. The summed E-state index contributed by atoms with van der Waals surface area (Å²) in [5.74, 6) is 6.05. The molecule has 4 heterocycles. The minimum Gasteiger partial charge on any atom is -0.382 e. The lowest BCUT2D eigenvalue weighted by Crippen LogP contribution is -2.29. The summed E-state index contributed by atoms with van der Waals surface area (Å²) in [6, 6.07) is 18.4. The summed E-state index contributed by atoms with van der Waals surface area (Å²) in [4.78, 5) is 27.6. The first-order chi connectivity index (χ1) is 19.0. The Morgan fingerprint density at radius 2 is 1.82 bits per heavy atom. The van der Waals surface area contributed by atoms with Gasteiger partial charge in [-0.05, 0) is 31.2 Å². The Balaban J connectivity index is 1.43. The van der Waals surface area contributed by atoms with Crippen molar-refractivity contribution in [2.24, 2.45) is 7.05 Å². The molecule has 0 spiro atoms. The van der Waals surface area contributed by atoms with E-state index in [4.69, 9.17) is 15.7 Å². The van der Waals surface area contributed by atoms with Gasteiger partial charge in [-0.3, -0.25) is 9.48 Å². The molecule has 0 saturated carbocycles. The van der Waals surface area contributed by atoms with E-state index in [-0.39, 0.29) is 11.5 Å². The monoisotopic (exact) mass is 513 g/mol. The Morgan fingerprint density at radius 3 is 2.62 bits per heavy atom. The van der Waals surface area contributed by atoms with Crippen LogP contribution < -0.4 is 11.1 Å². The van der Waals surface area contributed by atoms with E-state index in [0.29, 0.717) is 28.1 Å². The van der Waals surface area contributed by atoms with Gasteiger partial charge in [-0.2, -0.15) is 10.2 Å².